The molecule has 0 saturated heterocycles. The molecule has 0 spiro atoms. The lowest BCUT2D eigenvalue weighted by Gasteiger charge is -2.33. The molecule has 0 unspecified atom stereocenters. The van der Waals surface area contributed by atoms with Crippen LogP contribution in [0.15, 0.2) is 84.9 Å². The minimum Gasteiger partial charge on any atom is -0.502 e. The van der Waals surface area contributed by atoms with Crippen LogP contribution in [0.25, 0.3) is 11.1 Å². The van der Waals surface area contributed by atoms with Crippen molar-refractivity contribution in [1.82, 2.24) is 0 Å². The molecule has 5 rings (SSSR count). The van der Waals surface area contributed by atoms with Crippen molar-refractivity contribution < 1.29 is 20.1 Å². The molecule has 0 aromatic heterocycles. The van der Waals surface area contributed by atoms with Crippen molar-refractivity contribution in [3.05, 3.63) is 127 Å². The highest BCUT2D eigenvalue weighted by Gasteiger charge is 2.47. The molecule has 1 aliphatic carbocycles. The number of phenols is 2. The van der Waals surface area contributed by atoms with Crippen LogP contribution in [0.5, 0.6) is 11.5 Å². The van der Waals surface area contributed by atoms with Crippen LogP contribution in [-0.2, 0) is 5.41 Å². The molecule has 0 saturated carbocycles. The quantitative estimate of drug-likeness (QED) is 0.289. The van der Waals surface area contributed by atoms with Gasteiger partial charge in [-0.05, 0) is 45.5 Å². The Bertz CT molecular complexity index is 1350. The first-order valence-electron chi connectivity index (χ1n) is 10.0. The van der Waals surface area contributed by atoms with Crippen LogP contribution >= 0.6 is 0 Å². The van der Waals surface area contributed by atoms with Gasteiger partial charge in [-0.1, -0.05) is 60.7 Å². The Labute approximate surface area is 187 Å². The summed E-state index contributed by atoms with van der Waals surface area (Å²) in [5.41, 5.74) is 2.60. The second-order valence-corrected chi connectivity index (χ2v) is 7.76. The Morgan fingerprint density at radius 3 is 1.36 bits per heavy atom. The number of hydrogen-bond acceptors (Lipinski definition) is 6. The van der Waals surface area contributed by atoms with Crippen LogP contribution in [0, 0.1) is 20.2 Å². The zero-order chi connectivity index (χ0) is 23.3. The van der Waals surface area contributed by atoms with Gasteiger partial charge in [-0.15, -0.1) is 0 Å². The third kappa shape index (κ3) is 2.77. The topological polar surface area (TPSA) is 127 Å². The van der Waals surface area contributed by atoms with Crippen LogP contribution in [0.1, 0.15) is 22.3 Å². The fourth-order valence-electron chi connectivity index (χ4n) is 4.85. The summed E-state index contributed by atoms with van der Waals surface area (Å²) in [6, 6.07) is 23.5. The zero-order valence-electron chi connectivity index (χ0n) is 17.0. The lowest BCUT2D eigenvalue weighted by molar-refractivity contribution is -0.386. The SMILES string of the molecule is O=[N+]([O-])c1ccc(C2(c3ccc([N+](=O)[O-])c(O)c3)c3ccccc3-c3ccccc32)cc1O. The molecule has 0 radical (unpaired) electrons. The van der Waals surface area contributed by atoms with Gasteiger partial charge in [0, 0.05) is 12.1 Å². The lowest BCUT2D eigenvalue weighted by Crippen LogP contribution is -2.28. The van der Waals surface area contributed by atoms with Gasteiger partial charge in [-0.2, -0.15) is 0 Å². The fourth-order valence-corrected chi connectivity index (χ4v) is 4.85. The summed E-state index contributed by atoms with van der Waals surface area (Å²) >= 11 is 0. The predicted octanol–water partition coefficient (Wildman–Crippen LogP) is 5.28. The second kappa shape index (κ2) is 7.16. The van der Waals surface area contributed by atoms with Crippen molar-refractivity contribution >= 4 is 11.4 Å². The number of hydrogen-bond donors (Lipinski definition) is 2. The molecular formula is C25H16N2O6. The van der Waals surface area contributed by atoms with E-state index in [1.54, 1.807) is 12.1 Å². The molecule has 0 amide bonds. The third-order valence-corrected chi connectivity index (χ3v) is 6.16. The summed E-state index contributed by atoms with van der Waals surface area (Å²) in [7, 11) is 0. The molecule has 8 nitrogen and oxygen atoms in total. The number of aromatic hydroxyl groups is 2. The van der Waals surface area contributed by atoms with E-state index in [1.807, 2.05) is 48.5 Å². The Balaban J connectivity index is 1.92. The average molecular weight is 440 g/mol. The maximum absolute atomic E-state index is 11.3. The van der Waals surface area contributed by atoms with Crippen LogP contribution < -0.4 is 0 Å². The largest absolute Gasteiger partial charge is 0.502 e. The summed E-state index contributed by atoms with van der Waals surface area (Å²) in [4.78, 5) is 21.3. The molecule has 8 heteroatoms. The van der Waals surface area contributed by atoms with Crippen molar-refractivity contribution in [3.8, 4) is 22.6 Å². The Morgan fingerprint density at radius 2 is 1.00 bits per heavy atom. The van der Waals surface area contributed by atoms with E-state index in [1.165, 1.54) is 24.3 Å². The molecule has 0 aliphatic heterocycles. The molecule has 0 heterocycles. The van der Waals surface area contributed by atoms with Crippen molar-refractivity contribution in [2.45, 2.75) is 5.41 Å². The van der Waals surface area contributed by atoms with E-state index in [0.29, 0.717) is 11.1 Å². The normalized spacial score (nSPS) is 13.2. The summed E-state index contributed by atoms with van der Waals surface area (Å²) in [5.74, 6) is -0.991. The van der Waals surface area contributed by atoms with Gasteiger partial charge in [0.05, 0.1) is 15.3 Å². The first-order valence-corrected chi connectivity index (χ1v) is 10.0. The number of phenolic OH excluding ortho intramolecular Hbond substituents is 2. The van der Waals surface area contributed by atoms with Gasteiger partial charge >= 0.3 is 11.4 Å². The monoisotopic (exact) mass is 440 g/mol. The molecule has 0 atom stereocenters. The summed E-state index contributed by atoms with van der Waals surface area (Å²) in [5, 5.41) is 43.5. The van der Waals surface area contributed by atoms with Gasteiger partial charge in [0.2, 0.25) is 0 Å². The number of fused-ring (bicyclic) bond motifs is 3. The molecule has 162 valence electrons. The van der Waals surface area contributed by atoms with Crippen LogP contribution in [0.3, 0.4) is 0 Å². The van der Waals surface area contributed by atoms with Crippen LogP contribution in [0.2, 0.25) is 0 Å². The van der Waals surface area contributed by atoms with Gasteiger partial charge < -0.3 is 10.2 Å². The van der Waals surface area contributed by atoms with E-state index < -0.39 is 38.1 Å². The minimum atomic E-state index is -1.08. The van der Waals surface area contributed by atoms with Crippen molar-refractivity contribution in [1.29, 1.82) is 0 Å². The molecule has 0 fully saturated rings. The van der Waals surface area contributed by atoms with E-state index in [2.05, 4.69) is 0 Å². The van der Waals surface area contributed by atoms with Gasteiger partial charge in [-0.3, -0.25) is 20.2 Å². The number of nitro benzene ring substituents is 2. The molecule has 4 aromatic carbocycles. The van der Waals surface area contributed by atoms with Crippen molar-refractivity contribution in [2.75, 3.05) is 0 Å². The highest BCUT2D eigenvalue weighted by atomic mass is 16.6. The molecule has 2 N–H and O–H groups in total. The Hall–Kier alpha value is -4.72. The second-order valence-electron chi connectivity index (χ2n) is 7.76. The van der Waals surface area contributed by atoms with Gasteiger partial charge in [0.15, 0.2) is 11.5 Å². The van der Waals surface area contributed by atoms with Crippen molar-refractivity contribution in [3.63, 3.8) is 0 Å². The third-order valence-electron chi connectivity index (χ3n) is 6.16. The standard InChI is InChI=1S/C25H16N2O6/c28-23-13-15(9-11-21(23)26(30)31)25(16-10-12-22(27(32)33)24(29)14-16)19-7-3-1-5-17(19)18-6-2-4-8-20(18)25/h1-14,28-29H. The maximum Gasteiger partial charge on any atom is 0.310 e. The smallest absolute Gasteiger partial charge is 0.310 e. The fraction of sp³-hybridized carbons (Fsp3) is 0.0400. The van der Waals surface area contributed by atoms with Crippen molar-refractivity contribution in [2.24, 2.45) is 0 Å². The van der Waals surface area contributed by atoms with Gasteiger partial charge in [-0.25, -0.2) is 0 Å². The van der Waals surface area contributed by atoms with E-state index in [9.17, 15) is 30.4 Å². The summed E-state index contributed by atoms with van der Waals surface area (Å²) in [6.07, 6.45) is 0. The molecule has 4 aromatic rings. The summed E-state index contributed by atoms with van der Waals surface area (Å²) in [6.45, 7) is 0. The first kappa shape index (κ1) is 20.2. The summed E-state index contributed by atoms with van der Waals surface area (Å²) < 4.78 is 0. The number of benzene rings is 4. The first-order chi connectivity index (χ1) is 15.9. The molecular weight excluding hydrogens is 424 g/mol. The van der Waals surface area contributed by atoms with Crippen LogP contribution in [0.4, 0.5) is 11.4 Å². The molecule has 0 bridgehead atoms. The number of nitrogens with zero attached hydrogens (tertiary/aromatic N) is 2. The van der Waals surface area contributed by atoms with E-state index >= 15 is 0 Å². The number of rotatable bonds is 4. The van der Waals surface area contributed by atoms with E-state index in [-0.39, 0.29) is 0 Å². The van der Waals surface area contributed by atoms with E-state index in [0.717, 1.165) is 22.3 Å². The van der Waals surface area contributed by atoms with Crippen LogP contribution in [-0.4, -0.2) is 20.1 Å². The molecule has 1 aliphatic rings. The Morgan fingerprint density at radius 1 is 0.606 bits per heavy atom. The maximum atomic E-state index is 11.3. The number of nitro groups is 2. The zero-order valence-corrected chi connectivity index (χ0v) is 17.0. The highest BCUT2D eigenvalue weighted by Crippen LogP contribution is 2.57. The van der Waals surface area contributed by atoms with Gasteiger partial charge in [0.25, 0.3) is 0 Å². The molecule has 33 heavy (non-hydrogen) atoms. The predicted molar refractivity (Wildman–Crippen MR) is 120 cm³/mol. The highest BCUT2D eigenvalue weighted by molar-refractivity contribution is 5.86. The van der Waals surface area contributed by atoms with Gasteiger partial charge in [0.1, 0.15) is 0 Å². The van der Waals surface area contributed by atoms with E-state index in [4.69, 9.17) is 0 Å². The average Bonchev–Trinajstić information content (AvgIpc) is 3.10. The Kier molecular flexibility index (Phi) is 4.39. The minimum absolute atomic E-state index is 0.431. The lowest BCUT2D eigenvalue weighted by atomic mass is 9.67.